The number of carbonyl (C=O) groups excluding carboxylic acids is 1. The van der Waals surface area contributed by atoms with Crippen molar-refractivity contribution in [2.24, 2.45) is 0 Å². The summed E-state index contributed by atoms with van der Waals surface area (Å²) in [5, 5.41) is 2.01. The Labute approximate surface area is 74.7 Å². The molecule has 1 rings (SSSR count). The van der Waals surface area contributed by atoms with E-state index in [0.717, 1.165) is 19.1 Å². The lowest BCUT2D eigenvalue weighted by atomic mass is 10.3. The van der Waals surface area contributed by atoms with Gasteiger partial charge in [0.25, 0.3) is 5.56 Å². The zero-order valence-corrected chi connectivity index (χ0v) is 7.33. The summed E-state index contributed by atoms with van der Waals surface area (Å²) in [4.78, 5) is 21.9. The first-order valence-electron chi connectivity index (χ1n) is 4.09. The summed E-state index contributed by atoms with van der Waals surface area (Å²) in [5.74, 6) is -0.636. The van der Waals surface area contributed by atoms with Gasteiger partial charge in [-0.1, -0.05) is 13.3 Å². The Morgan fingerprint density at radius 2 is 2.46 bits per heavy atom. The van der Waals surface area contributed by atoms with Crippen molar-refractivity contribution in [3.05, 3.63) is 22.2 Å². The van der Waals surface area contributed by atoms with Crippen LogP contribution in [-0.2, 0) is 4.74 Å². The summed E-state index contributed by atoms with van der Waals surface area (Å²) in [6.07, 6.45) is 2.78. The minimum atomic E-state index is -0.636. The number of carbonyl (C=O) groups is 1. The predicted octanol–water partition coefficient (Wildman–Crippen LogP) is 0.925. The fraction of sp³-hybridized carbons (Fsp3) is 0.500. The van der Waals surface area contributed by atoms with Crippen molar-refractivity contribution in [3.8, 4) is 0 Å². The quantitative estimate of drug-likeness (QED) is 0.559. The van der Waals surface area contributed by atoms with Crippen molar-refractivity contribution < 1.29 is 14.1 Å². The van der Waals surface area contributed by atoms with E-state index in [0.29, 0.717) is 6.61 Å². The molecule has 1 aromatic rings. The molecule has 13 heavy (non-hydrogen) atoms. The molecule has 5 nitrogen and oxygen atoms in total. The summed E-state index contributed by atoms with van der Waals surface area (Å²) in [7, 11) is 0. The summed E-state index contributed by atoms with van der Waals surface area (Å²) < 4.78 is 9.22. The van der Waals surface area contributed by atoms with Crippen LogP contribution in [0.3, 0.4) is 0 Å². The van der Waals surface area contributed by atoms with Crippen LogP contribution in [0.5, 0.6) is 0 Å². The number of hydrogen-bond donors (Lipinski definition) is 1. The summed E-state index contributed by atoms with van der Waals surface area (Å²) in [5.41, 5.74) is -0.641. The van der Waals surface area contributed by atoms with Gasteiger partial charge in [-0.25, -0.2) is 4.79 Å². The average molecular weight is 185 g/mol. The normalized spacial score (nSPS) is 9.92. The van der Waals surface area contributed by atoms with Crippen LogP contribution < -0.4 is 5.56 Å². The van der Waals surface area contributed by atoms with Gasteiger partial charge < -0.3 is 9.26 Å². The molecule has 0 spiro atoms. The van der Waals surface area contributed by atoms with Crippen molar-refractivity contribution in [2.45, 2.75) is 19.8 Å². The first-order chi connectivity index (χ1) is 6.25. The zero-order valence-electron chi connectivity index (χ0n) is 7.33. The molecule has 0 aliphatic rings. The fourth-order valence-corrected chi connectivity index (χ4v) is 0.778. The first kappa shape index (κ1) is 9.57. The highest BCUT2D eigenvalue weighted by molar-refractivity contribution is 5.88. The van der Waals surface area contributed by atoms with Crippen LogP contribution in [0.25, 0.3) is 0 Å². The SMILES string of the molecule is CCCCOC(=O)c1co[nH]c1=O. The van der Waals surface area contributed by atoms with E-state index >= 15 is 0 Å². The molecule has 72 valence electrons. The van der Waals surface area contributed by atoms with Gasteiger partial charge in [-0.3, -0.25) is 4.79 Å². The highest BCUT2D eigenvalue weighted by atomic mass is 16.5. The van der Waals surface area contributed by atoms with Crippen LogP contribution in [0.15, 0.2) is 15.6 Å². The molecule has 0 bridgehead atoms. The lowest BCUT2D eigenvalue weighted by Crippen LogP contribution is -2.15. The second-order valence-corrected chi connectivity index (χ2v) is 2.57. The minimum Gasteiger partial charge on any atom is -0.462 e. The Kier molecular flexibility index (Phi) is 3.31. The van der Waals surface area contributed by atoms with Gasteiger partial charge in [-0.2, -0.15) is 5.16 Å². The lowest BCUT2D eigenvalue weighted by molar-refractivity contribution is 0.0497. The van der Waals surface area contributed by atoms with Gasteiger partial charge >= 0.3 is 5.97 Å². The second-order valence-electron chi connectivity index (χ2n) is 2.57. The van der Waals surface area contributed by atoms with Crippen molar-refractivity contribution in [2.75, 3.05) is 6.61 Å². The van der Waals surface area contributed by atoms with Gasteiger partial charge in [-0.15, -0.1) is 0 Å². The fourth-order valence-electron chi connectivity index (χ4n) is 0.778. The summed E-state index contributed by atoms with van der Waals surface area (Å²) >= 11 is 0. The van der Waals surface area contributed by atoms with E-state index in [-0.39, 0.29) is 5.56 Å². The number of ether oxygens (including phenoxy) is 1. The van der Waals surface area contributed by atoms with E-state index in [9.17, 15) is 9.59 Å². The van der Waals surface area contributed by atoms with E-state index in [4.69, 9.17) is 4.74 Å². The van der Waals surface area contributed by atoms with Gasteiger partial charge in [-0.05, 0) is 6.42 Å². The number of hydrogen-bond acceptors (Lipinski definition) is 4. The number of aromatic nitrogens is 1. The molecule has 1 N–H and O–H groups in total. The van der Waals surface area contributed by atoms with Crippen LogP contribution in [0.4, 0.5) is 0 Å². The third kappa shape index (κ3) is 2.47. The molecule has 0 aliphatic carbocycles. The number of rotatable bonds is 4. The Morgan fingerprint density at radius 3 is 3.00 bits per heavy atom. The molecule has 0 atom stereocenters. The molecule has 0 aliphatic heterocycles. The standard InChI is InChI=1S/C8H11NO4/c1-2-3-4-12-8(11)6-5-13-9-7(6)10/h5H,2-4H2,1H3,(H,9,10). The number of unbranched alkanes of at least 4 members (excludes halogenated alkanes) is 1. The molecule has 0 aromatic carbocycles. The van der Waals surface area contributed by atoms with Gasteiger partial charge in [0.1, 0.15) is 6.26 Å². The van der Waals surface area contributed by atoms with Crippen molar-refractivity contribution in [1.82, 2.24) is 5.16 Å². The molecule has 5 heteroatoms. The van der Waals surface area contributed by atoms with Gasteiger partial charge in [0.2, 0.25) is 0 Å². The monoisotopic (exact) mass is 185 g/mol. The first-order valence-corrected chi connectivity index (χ1v) is 4.09. The van der Waals surface area contributed by atoms with E-state index in [1.54, 1.807) is 0 Å². The predicted molar refractivity (Wildman–Crippen MR) is 44.5 cm³/mol. The number of nitrogens with one attached hydrogen (secondary N) is 1. The molecule has 0 radical (unpaired) electrons. The molecular formula is C8H11NO4. The topological polar surface area (TPSA) is 72.3 Å². The second kappa shape index (κ2) is 4.49. The van der Waals surface area contributed by atoms with E-state index < -0.39 is 11.5 Å². The smallest absolute Gasteiger partial charge is 0.347 e. The van der Waals surface area contributed by atoms with Crippen LogP contribution in [0.1, 0.15) is 30.1 Å². The summed E-state index contributed by atoms with van der Waals surface area (Å²) in [6.45, 7) is 2.32. The largest absolute Gasteiger partial charge is 0.462 e. The molecule has 0 amide bonds. The van der Waals surface area contributed by atoms with Crippen LogP contribution >= 0.6 is 0 Å². The van der Waals surface area contributed by atoms with Crippen molar-refractivity contribution in [3.63, 3.8) is 0 Å². The maximum atomic E-state index is 11.1. The Balaban J connectivity index is 2.50. The van der Waals surface area contributed by atoms with Gasteiger partial charge in [0.15, 0.2) is 5.56 Å². The van der Waals surface area contributed by atoms with E-state index in [1.807, 2.05) is 12.1 Å². The molecular weight excluding hydrogens is 174 g/mol. The molecule has 0 unspecified atom stereocenters. The Morgan fingerprint density at radius 1 is 1.69 bits per heavy atom. The van der Waals surface area contributed by atoms with Crippen LogP contribution in [0.2, 0.25) is 0 Å². The number of aromatic amines is 1. The zero-order chi connectivity index (χ0) is 9.68. The molecule has 0 saturated carbocycles. The van der Waals surface area contributed by atoms with Gasteiger partial charge in [0, 0.05) is 0 Å². The third-order valence-corrected chi connectivity index (χ3v) is 1.52. The maximum Gasteiger partial charge on any atom is 0.347 e. The van der Waals surface area contributed by atoms with E-state index in [2.05, 4.69) is 4.52 Å². The highest BCUT2D eigenvalue weighted by Crippen LogP contribution is 1.96. The average Bonchev–Trinajstić information content (AvgIpc) is 2.52. The maximum absolute atomic E-state index is 11.1. The molecule has 1 aromatic heterocycles. The molecule has 0 saturated heterocycles. The Hall–Kier alpha value is -1.52. The molecule has 0 fully saturated rings. The third-order valence-electron chi connectivity index (χ3n) is 1.52. The minimum absolute atomic E-state index is 0.0869. The van der Waals surface area contributed by atoms with Gasteiger partial charge in [0.05, 0.1) is 6.61 Å². The van der Waals surface area contributed by atoms with Crippen molar-refractivity contribution in [1.29, 1.82) is 0 Å². The lowest BCUT2D eigenvalue weighted by Gasteiger charge is -1.99. The Bertz CT molecular complexity index is 325. The van der Waals surface area contributed by atoms with E-state index in [1.165, 1.54) is 0 Å². The summed E-state index contributed by atoms with van der Waals surface area (Å²) in [6, 6.07) is 0. The van der Waals surface area contributed by atoms with Crippen molar-refractivity contribution >= 4 is 5.97 Å². The number of H-pyrrole nitrogens is 1. The van der Waals surface area contributed by atoms with Crippen LogP contribution in [0, 0.1) is 0 Å². The van der Waals surface area contributed by atoms with Crippen LogP contribution in [-0.4, -0.2) is 17.7 Å². The number of esters is 1. The highest BCUT2D eigenvalue weighted by Gasteiger charge is 2.13. The molecule has 1 heterocycles.